The van der Waals surface area contributed by atoms with E-state index in [9.17, 15) is 26.4 Å². The molecule has 1 N–H and O–H groups in total. The number of carbonyl (C=O) groups excluding carboxylic acids is 1. The fourth-order valence-electron chi connectivity index (χ4n) is 2.84. The summed E-state index contributed by atoms with van der Waals surface area (Å²) in [5.74, 6) is -1.19. The summed E-state index contributed by atoms with van der Waals surface area (Å²) in [6.45, 7) is -3.66. The van der Waals surface area contributed by atoms with Gasteiger partial charge in [-0.3, -0.25) is 4.79 Å². The van der Waals surface area contributed by atoms with Crippen molar-refractivity contribution in [3.05, 3.63) is 90.2 Å². The predicted octanol–water partition coefficient (Wildman–Crippen LogP) is 4.26. The summed E-state index contributed by atoms with van der Waals surface area (Å²) in [6, 6.07) is 18.1. The van der Waals surface area contributed by atoms with E-state index in [1.165, 1.54) is 60.7 Å². The molecule has 32 heavy (non-hydrogen) atoms. The molecule has 0 saturated carbocycles. The van der Waals surface area contributed by atoms with Gasteiger partial charge in [-0.2, -0.15) is 13.1 Å². The van der Waals surface area contributed by atoms with Crippen molar-refractivity contribution in [2.45, 2.75) is 18.1 Å². The maximum absolute atomic E-state index is 13.2. The van der Waals surface area contributed by atoms with Gasteiger partial charge in [0.05, 0.1) is 11.4 Å². The number of halogens is 3. The second kappa shape index (κ2) is 10.3. The Morgan fingerprint density at radius 1 is 0.938 bits per heavy atom. The first-order valence-corrected chi connectivity index (χ1v) is 10.8. The zero-order valence-electron chi connectivity index (χ0n) is 16.6. The second-order valence-corrected chi connectivity index (χ2v) is 8.60. The van der Waals surface area contributed by atoms with Gasteiger partial charge in [-0.25, -0.2) is 12.8 Å². The van der Waals surface area contributed by atoms with Gasteiger partial charge in [0.25, 0.3) is 0 Å². The zero-order chi connectivity index (χ0) is 23.1. The number of benzene rings is 3. The molecule has 168 valence electrons. The number of sulfonamides is 1. The largest absolute Gasteiger partial charge is 0.435 e. The number of anilines is 1. The van der Waals surface area contributed by atoms with Gasteiger partial charge in [-0.15, -0.1) is 0 Å². The molecule has 0 atom stereocenters. The van der Waals surface area contributed by atoms with Crippen molar-refractivity contribution in [2.24, 2.45) is 0 Å². The molecule has 3 aromatic rings. The average Bonchev–Trinajstić information content (AvgIpc) is 2.76. The molecule has 0 unspecified atom stereocenters. The summed E-state index contributed by atoms with van der Waals surface area (Å²) < 4.78 is 69.2. The topological polar surface area (TPSA) is 75.7 Å². The van der Waals surface area contributed by atoms with Gasteiger partial charge in [-0.1, -0.05) is 30.3 Å². The van der Waals surface area contributed by atoms with Crippen LogP contribution >= 0.6 is 0 Å². The number of rotatable bonds is 9. The number of carbonyl (C=O) groups is 1. The predicted molar refractivity (Wildman–Crippen MR) is 112 cm³/mol. The van der Waals surface area contributed by atoms with Crippen molar-refractivity contribution in [1.29, 1.82) is 0 Å². The van der Waals surface area contributed by atoms with Crippen molar-refractivity contribution >= 4 is 21.6 Å². The summed E-state index contributed by atoms with van der Waals surface area (Å²) in [7, 11) is -4.04. The normalized spacial score (nSPS) is 11.5. The van der Waals surface area contributed by atoms with Crippen LogP contribution in [0.15, 0.2) is 83.8 Å². The summed E-state index contributed by atoms with van der Waals surface area (Å²) in [4.78, 5) is 12.6. The minimum atomic E-state index is -4.04. The lowest BCUT2D eigenvalue weighted by molar-refractivity contribution is -0.116. The molecule has 0 heterocycles. The Labute approximate surface area is 183 Å². The lowest BCUT2D eigenvalue weighted by Crippen LogP contribution is -2.37. The molecule has 6 nitrogen and oxygen atoms in total. The fraction of sp³-hybridized carbons (Fsp3) is 0.136. The summed E-state index contributed by atoms with van der Waals surface area (Å²) in [5, 5.41) is 2.52. The summed E-state index contributed by atoms with van der Waals surface area (Å²) >= 11 is 0. The van der Waals surface area contributed by atoms with Crippen LogP contribution in [0.2, 0.25) is 0 Å². The smallest absolute Gasteiger partial charge is 0.387 e. The van der Waals surface area contributed by atoms with Crippen LogP contribution in [0.1, 0.15) is 5.56 Å². The second-order valence-electron chi connectivity index (χ2n) is 6.66. The molecule has 0 aliphatic rings. The van der Waals surface area contributed by atoms with Crippen LogP contribution < -0.4 is 10.1 Å². The number of amides is 1. The van der Waals surface area contributed by atoms with Gasteiger partial charge < -0.3 is 10.1 Å². The van der Waals surface area contributed by atoms with E-state index in [1.807, 2.05) is 0 Å². The first kappa shape index (κ1) is 23.3. The highest BCUT2D eigenvalue weighted by Gasteiger charge is 2.27. The van der Waals surface area contributed by atoms with Gasteiger partial charge in [0.2, 0.25) is 15.9 Å². The van der Waals surface area contributed by atoms with Gasteiger partial charge >= 0.3 is 6.61 Å². The van der Waals surface area contributed by atoms with Crippen LogP contribution in [0.25, 0.3) is 0 Å². The molecule has 0 fully saturated rings. The molecule has 0 spiro atoms. The lowest BCUT2D eigenvalue weighted by atomic mass is 10.2. The van der Waals surface area contributed by atoms with E-state index in [0.717, 1.165) is 4.31 Å². The molecule has 0 saturated heterocycles. The fourth-order valence-corrected chi connectivity index (χ4v) is 4.25. The van der Waals surface area contributed by atoms with E-state index < -0.39 is 34.9 Å². The van der Waals surface area contributed by atoms with E-state index in [-0.39, 0.29) is 22.9 Å². The SMILES string of the molecule is O=C(CN(Cc1ccc(F)cc1)S(=O)(=O)c1ccccc1)Nc1ccc(OC(F)F)cc1. The monoisotopic (exact) mass is 464 g/mol. The third-order valence-corrected chi connectivity index (χ3v) is 6.14. The highest BCUT2D eigenvalue weighted by atomic mass is 32.2. The van der Waals surface area contributed by atoms with Crippen LogP contribution in [0.4, 0.5) is 18.9 Å². The van der Waals surface area contributed by atoms with Gasteiger partial charge in [0, 0.05) is 12.2 Å². The third kappa shape index (κ3) is 6.32. The molecule has 10 heteroatoms. The Balaban J connectivity index is 1.78. The summed E-state index contributed by atoms with van der Waals surface area (Å²) in [5.41, 5.74) is 0.766. The molecule has 0 aromatic heterocycles. The standard InChI is InChI=1S/C22H19F3N2O4S/c23-17-8-6-16(7-9-17)14-27(32(29,30)20-4-2-1-3-5-20)15-21(28)26-18-10-12-19(13-11-18)31-22(24)25/h1-13,22H,14-15H2,(H,26,28). The number of hydrogen-bond donors (Lipinski definition) is 1. The van der Waals surface area contributed by atoms with Gasteiger partial charge in [-0.05, 0) is 54.1 Å². The third-order valence-electron chi connectivity index (χ3n) is 4.34. The van der Waals surface area contributed by atoms with Crippen LogP contribution in [-0.2, 0) is 21.4 Å². The van der Waals surface area contributed by atoms with Crippen LogP contribution in [0, 0.1) is 5.82 Å². The van der Waals surface area contributed by atoms with Crippen molar-refractivity contribution in [3.63, 3.8) is 0 Å². The molecule has 0 bridgehead atoms. The van der Waals surface area contributed by atoms with Crippen molar-refractivity contribution in [1.82, 2.24) is 4.31 Å². The Hall–Kier alpha value is -3.37. The molecule has 0 aliphatic heterocycles. The quantitative estimate of drug-likeness (QED) is 0.514. The van der Waals surface area contributed by atoms with E-state index in [0.29, 0.717) is 5.56 Å². The molecular formula is C22H19F3N2O4S. The van der Waals surface area contributed by atoms with E-state index in [1.54, 1.807) is 18.2 Å². The van der Waals surface area contributed by atoms with E-state index >= 15 is 0 Å². The highest BCUT2D eigenvalue weighted by Crippen LogP contribution is 2.20. The number of hydrogen-bond acceptors (Lipinski definition) is 4. The molecule has 1 amide bonds. The van der Waals surface area contributed by atoms with Crippen LogP contribution in [0.3, 0.4) is 0 Å². The highest BCUT2D eigenvalue weighted by molar-refractivity contribution is 7.89. The minimum Gasteiger partial charge on any atom is -0.435 e. The number of ether oxygens (including phenoxy) is 1. The van der Waals surface area contributed by atoms with E-state index in [4.69, 9.17) is 0 Å². The average molecular weight is 464 g/mol. The van der Waals surface area contributed by atoms with Crippen molar-refractivity contribution < 1.29 is 31.1 Å². The lowest BCUT2D eigenvalue weighted by Gasteiger charge is -2.22. The number of nitrogens with zero attached hydrogens (tertiary/aromatic N) is 1. The number of alkyl halides is 2. The minimum absolute atomic E-state index is 0.00316. The van der Waals surface area contributed by atoms with E-state index in [2.05, 4.69) is 10.1 Å². The maximum Gasteiger partial charge on any atom is 0.387 e. The van der Waals surface area contributed by atoms with Crippen molar-refractivity contribution in [2.75, 3.05) is 11.9 Å². The van der Waals surface area contributed by atoms with Gasteiger partial charge in [0.15, 0.2) is 0 Å². The zero-order valence-corrected chi connectivity index (χ0v) is 17.4. The molecule has 3 rings (SSSR count). The Bertz CT molecular complexity index is 1140. The molecular weight excluding hydrogens is 445 g/mol. The van der Waals surface area contributed by atoms with Crippen LogP contribution in [-0.4, -0.2) is 31.8 Å². The first-order valence-electron chi connectivity index (χ1n) is 9.38. The van der Waals surface area contributed by atoms with Crippen molar-refractivity contribution in [3.8, 4) is 5.75 Å². The molecule has 3 aromatic carbocycles. The maximum atomic E-state index is 13.2. The first-order chi connectivity index (χ1) is 15.2. The van der Waals surface area contributed by atoms with Gasteiger partial charge in [0.1, 0.15) is 11.6 Å². The Morgan fingerprint density at radius 2 is 1.56 bits per heavy atom. The molecule has 0 aliphatic carbocycles. The Kier molecular flexibility index (Phi) is 7.49. The Morgan fingerprint density at radius 3 is 2.16 bits per heavy atom. The molecule has 0 radical (unpaired) electrons. The summed E-state index contributed by atoms with van der Waals surface area (Å²) in [6.07, 6.45) is 0. The number of nitrogens with one attached hydrogen (secondary N) is 1. The van der Waals surface area contributed by atoms with Crippen LogP contribution in [0.5, 0.6) is 5.75 Å².